The van der Waals surface area contributed by atoms with Crippen LogP contribution in [0.5, 0.6) is 0 Å². The molecule has 170 valence electrons. The Morgan fingerprint density at radius 2 is 1.62 bits per heavy atom. The Morgan fingerprint density at radius 1 is 0.938 bits per heavy atom. The summed E-state index contributed by atoms with van der Waals surface area (Å²) in [6.45, 7) is 7.93. The minimum atomic E-state index is -0.0377. The van der Waals surface area contributed by atoms with Crippen LogP contribution in [0.25, 0.3) is 0 Å². The second-order valence-corrected chi connectivity index (χ2v) is 8.55. The number of carbonyl (C=O) groups excluding carboxylic acids is 1. The lowest BCUT2D eigenvalue weighted by atomic mass is 10.2. The summed E-state index contributed by atoms with van der Waals surface area (Å²) in [4.78, 5) is 29.0. The minimum absolute atomic E-state index is 0.0377. The summed E-state index contributed by atoms with van der Waals surface area (Å²) in [5.74, 6) is 1.19. The van der Waals surface area contributed by atoms with Gasteiger partial charge in [-0.2, -0.15) is 4.98 Å². The van der Waals surface area contributed by atoms with E-state index in [4.69, 9.17) is 31.0 Å². The molecule has 32 heavy (non-hydrogen) atoms. The summed E-state index contributed by atoms with van der Waals surface area (Å²) in [5, 5.41) is 4.05. The van der Waals surface area contributed by atoms with E-state index in [2.05, 4.69) is 15.1 Å². The number of ether oxygens (including phenoxy) is 2. The molecule has 0 atom stereocenters. The minimum Gasteiger partial charge on any atom is -0.379 e. The van der Waals surface area contributed by atoms with E-state index in [9.17, 15) is 4.79 Å². The van der Waals surface area contributed by atoms with Crippen LogP contribution in [0.4, 0.5) is 17.5 Å². The van der Waals surface area contributed by atoms with Gasteiger partial charge in [-0.25, -0.2) is 4.98 Å². The number of halogens is 1. The van der Waals surface area contributed by atoms with Crippen molar-refractivity contribution < 1.29 is 14.3 Å². The molecule has 0 unspecified atom stereocenters. The molecule has 5 rings (SSSR count). The zero-order chi connectivity index (χ0) is 21.9. The molecular formula is C22H27ClN6O3. The monoisotopic (exact) mass is 458 g/mol. The molecule has 2 aromatic rings. The van der Waals surface area contributed by atoms with Crippen LogP contribution in [-0.2, 0) is 16.0 Å². The van der Waals surface area contributed by atoms with Crippen molar-refractivity contribution in [2.24, 2.45) is 0 Å². The molecule has 0 saturated carbocycles. The number of nitrogens with one attached hydrogen (secondary N) is 1. The van der Waals surface area contributed by atoms with E-state index in [1.807, 2.05) is 29.2 Å². The molecule has 1 aromatic carbocycles. The maximum Gasteiger partial charge on any atom is 0.273 e. The first kappa shape index (κ1) is 21.4. The Labute approximate surface area is 192 Å². The number of carbonyl (C=O) groups is 1. The van der Waals surface area contributed by atoms with Crippen LogP contribution < -0.4 is 10.2 Å². The van der Waals surface area contributed by atoms with Gasteiger partial charge in [-0.15, -0.1) is 0 Å². The molecule has 3 aliphatic rings. The van der Waals surface area contributed by atoms with Crippen molar-refractivity contribution in [3.8, 4) is 0 Å². The summed E-state index contributed by atoms with van der Waals surface area (Å²) < 4.78 is 10.9. The Hall–Kier alpha value is -2.46. The molecule has 4 heterocycles. The summed E-state index contributed by atoms with van der Waals surface area (Å²) >= 11 is 6.04. The van der Waals surface area contributed by atoms with Crippen LogP contribution in [0, 0.1) is 0 Å². The number of aromatic nitrogens is 2. The Balaban J connectivity index is 1.40. The number of anilines is 3. The summed E-state index contributed by atoms with van der Waals surface area (Å²) in [6, 6.07) is 7.46. The molecule has 0 spiro atoms. The van der Waals surface area contributed by atoms with Crippen molar-refractivity contribution in [1.82, 2.24) is 19.8 Å². The van der Waals surface area contributed by atoms with Crippen LogP contribution in [0.3, 0.4) is 0 Å². The SMILES string of the molecule is O=C1c2nc(N3CCOCC3)nc(Nc3ccc(Cl)cc3)c2CN1CCN1CCOCC1. The molecule has 10 heteroatoms. The van der Waals surface area contributed by atoms with Gasteiger partial charge in [-0.1, -0.05) is 11.6 Å². The van der Waals surface area contributed by atoms with Crippen LogP contribution in [0.1, 0.15) is 16.1 Å². The number of hydrogen-bond acceptors (Lipinski definition) is 8. The van der Waals surface area contributed by atoms with E-state index in [1.54, 1.807) is 0 Å². The lowest BCUT2D eigenvalue weighted by molar-refractivity contribution is 0.0327. The molecule has 2 saturated heterocycles. The second-order valence-electron chi connectivity index (χ2n) is 8.11. The van der Waals surface area contributed by atoms with E-state index >= 15 is 0 Å². The number of fused-ring (bicyclic) bond motifs is 1. The van der Waals surface area contributed by atoms with Gasteiger partial charge < -0.3 is 24.6 Å². The van der Waals surface area contributed by atoms with E-state index in [1.165, 1.54) is 0 Å². The zero-order valence-electron chi connectivity index (χ0n) is 17.9. The summed E-state index contributed by atoms with van der Waals surface area (Å²) in [6.07, 6.45) is 0. The highest BCUT2D eigenvalue weighted by atomic mass is 35.5. The van der Waals surface area contributed by atoms with Crippen molar-refractivity contribution in [3.05, 3.63) is 40.5 Å². The third-order valence-corrected chi connectivity index (χ3v) is 6.28. The first-order valence-corrected chi connectivity index (χ1v) is 11.4. The van der Waals surface area contributed by atoms with E-state index in [-0.39, 0.29) is 5.91 Å². The lowest BCUT2D eigenvalue weighted by Crippen LogP contribution is -2.41. The maximum atomic E-state index is 13.3. The number of rotatable bonds is 6. The predicted molar refractivity (Wildman–Crippen MR) is 122 cm³/mol. The molecule has 1 N–H and O–H groups in total. The van der Waals surface area contributed by atoms with Gasteiger partial charge >= 0.3 is 0 Å². The van der Waals surface area contributed by atoms with E-state index < -0.39 is 0 Å². The average Bonchev–Trinajstić information content (AvgIpc) is 3.16. The zero-order valence-corrected chi connectivity index (χ0v) is 18.7. The number of hydrogen-bond donors (Lipinski definition) is 1. The first-order chi connectivity index (χ1) is 15.7. The van der Waals surface area contributed by atoms with Gasteiger partial charge in [0.25, 0.3) is 5.91 Å². The van der Waals surface area contributed by atoms with Gasteiger partial charge in [0.05, 0.1) is 33.0 Å². The van der Waals surface area contributed by atoms with Crippen molar-refractivity contribution in [3.63, 3.8) is 0 Å². The molecule has 9 nitrogen and oxygen atoms in total. The second kappa shape index (κ2) is 9.58. The van der Waals surface area contributed by atoms with Gasteiger partial charge in [-0.3, -0.25) is 9.69 Å². The standard InChI is InChI=1S/C22H27ClN6O3/c23-16-1-3-17(4-2-16)24-20-18-15-29(6-5-27-7-11-31-12-8-27)21(30)19(18)25-22(26-20)28-9-13-32-14-10-28/h1-4H,5-15H2,(H,24,25,26). The molecule has 2 fully saturated rings. The number of morpholine rings is 2. The third kappa shape index (κ3) is 4.66. The average molecular weight is 459 g/mol. The Bertz CT molecular complexity index is 961. The summed E-state index contributed by atoms with van der Waals surface area (Å²) in [7, 11) is 0. The van der Waals surface area contributed by atoms with Crippen molar-refractivity contribution in [2.45, 2.75) is 6.54 Å². The highest BCUT2D eigenvalue weighted by molar-refractivity contribution is 6.30. The summed E-state index contributed by atoms with van der Waals surface area (Å²) in [5.41, 5.74) is 2.19. The smallest absolute Gasteiger partial charge is 0.273 e. The van der Waals surface area contributed by atoms with Crippen molar-refractivity contribution >= 4 is 35.0 Å². The normalized spacial score (nSPS) is 19.3. The number of amides is 1. The first-order valence-electron chi connectivity index (χ1n) is 11.0. The largest absolute Gasteiger partial charge is 0.379 e. The van der Waals surface area contributed by atoms with Crippen molar-refractivity contribution in [1.29, 1.82) is 0 Å². The fourth-order valence-corrected chi connectivity index (χ4v) is 4.28. The molecular weight excluding hydrogens is 432 g/mol. The van der Waals surface area contributed by atoms with E-state index in [0.29, 0.717) is 61.9 Å². The Morgan fingerprint density at radius 3 is 2.34 bits per heavy atom. The van der Waals surface area contributed by atoms with Gasteiger partial charge in [0.1, 0.15) is 11.5 Å². The van der Waals surface area contributed by atoms with Gasteiger partial charge in [0, 0.05) is 55.5 Å². The van der Waals surface area contributed by atoms with Gasteiger partial charge in [0.2, 0.25) is 5.95 Å². The van der Waals surface area contributed by atoms with Crippen LogP contribution in [0.15, 0.2) is 24.3 Å². The van der Waals surface area contributed by atoms with Crippen LogP contribution in [-0.4, -0.2) is 91.4 Å². The quantitative estimate of drug-likeness (QED) is 0.703. The van der Waals surface area contributed by atoms with Crippen LogP contribution >= 0.6 is 11.6 Å². The van der Waals surface area contributed by atoms with Crippen LogP contribution in [0.2, 0.25) is 5.02 Å². The molecule has 1 aromatic heterocycles. The molecule has 0 aliphatic carbocycles. The van der Waals surface area contributed by atoms with E-state index in [0.717, 1.165) is 44.1 Å². The lowest BCUT2D eigenvalue weighted by Gasteiger charge is -2.28. The predicted octanol–water partition coefficient (Wildman–Crippen LogP) is 2.00. The maximum absolute atomic E-state index is 13.3. The molecule has 0 radical (unpaired) electrons. The van der Waals surface area contributed by atoms with Gasteiger partial charge in [0.15, 0.2) is 0 Å². The molecule has 1 amide bonds. The molecule has 0 bridgehead atoms. The van der Waals surface area contributed by atoms with Crippen molar-refractivity contribution in [2.75, 3.05) is 75.9 Å². The fourth-order valence-electron chi connectivity index (χ4n) is 4.16. The molecule has 3 aliphatic heterocycles. The van der Waals surface area contributed by atoms with Gasteiger partial charge in [-0.05, 0) is 24.3 Å². The Kier molecular flexibility index (Phi) is 6.40. The topological polar surface area (TPSA) is 83.1 Å². The highest BCUT2D eigenvalue weighted by Gasteiger charge is 2.34. The highest BCUT2D eigenvalue weighted by Crippen LogP contribution is 2.31. The third-order valence-electron chi connectivity index (χ3n) is 6.02. The number of benzene rings is 1. The fraction of sp³-hybridized carbons (Fsp3) is 0.500. The number of nitrogens with zero attached hydrogens (tertiary/aromatic N) is 5.